The van der Waals surface area contributed by atoms with Crippen molar-refractivity contribution in [2.75, 3.05) is 13.7 Å². The van der Waals surface area contributed by atoms with E-state index >= 15 is 0 Å². The molecule has 2 saturated carbocycles. The Labute approximate surface area is 242 Å². The number of allylic oxidation sites excluding steroid dienone is 1. The van der Waals surface area contributed by atoms with Gasteiger partial charge in [-0.1, -0.05) is 25.0 Å². The van der Waals surface area contributed by atoms with Gasteiger partial charge in [-0.05, 0) is 66.2 Å². The summed E-state index contributed by atoms with van der Waals surface area (Å²) in [6, 6.07) is -1.88. The van der Waals surface area contributed by atoms with E-state index in [4.69, 9.17) is 9.47 Å². The highest BCUT2D eigenvalue weighted by Crippen LogP contribution is 2.47. The number of hydrogen-bond acceptors (Lipinski definition) is 8. The summed E-state index contributed by atoms with van der Waals surface area (Å²) < 4.78 is 37.8. The van der Waals surface area contributed by atoms with Gasteiger partial charge in [0, 0.05) is 26.0 Å². The van der Waals surface area contributed by atoms with Crippen molar-refractivity contribution >= 4 is 33.8 Å². The van der Waals surface area contributed by atoms with Crippen LogP contribution in [0.3, 0.4) is 0 Å². The van der Waals surface area contributed by atoms with Crippen LogP contribution in [0, 0.1) is 5.92 Å². The number of alkyl carbamates (subject to hydrolysis) is 1. The van der Waals surface area contributed by atoms with Gasteiger partial charge in [-0.25, -0.2) is 13.2 Å². The average molecular weight is 597 g/mol. The fraction of sp³-hybridized carbons (Fsp3) is 0.786. The molecular formula is C28H44N4O8S. The van der Waals surface area contributed by atoms with E-state index in [2.05, 4.69) is 15.4 Å². The van der Waals surface area contributed by atoms with Gasteiger partial charge in [-0.2, -0.15) is 0 Å². The lowest BCUT2D eigenvalue weighted by Crippen LogP contribution is -2.58. The first-order valence-corrected chi connectivity index (χ1v) is 16.0. The third-order valence-electron chi connectivity index (χ3n) is 8.50. The number of hydrogen-bond donors (Lipinski definition) is 3. The van der Waals surface area contributed by atoms with E-state index in [9.17, 15) is 27.6 Å². The minimum absolute atomic E-state index is 0.134. The van der Waals surface area contributed by atoms with Crippen molar-refractivity contribution in [3.63, 3.8) is 0 Å². The predicted molar refractivity (Wildman–Crippen MR) is 150 cm³/mol. The van der Waals surface area contributed by atoms with Gasteiger partial charge in [0.25, 0.3) is 5.91 Å². The maximum absolute atomic E-state index is 13.8. The van der Waals surface area contributed by atoms with Crippen LogP contribution in [0.2, 0.25) is 0 Å². The summed E-state index contributed by atoms with van der Waals surface area (Å²) in [5.74, 6) is -2.13. The Morgan fingerprint density at radius 2 is 1.85 bits per heavy atom. The van der Waals surface area contributed by atoms with E-state index < -0.39 is 67.9 Å². The molecule has 0 bridgehead atoms. The third kappa shape index (κ3) is 7.04. The molecule has 0 unspecified atom stereocenters. The topological polar surface area (TPSA) is 160 Å². The maximum Gasteiger partial charge on any atom is 0.408 e. The fourth-order valence-electron chi connectivity index (χ4n) is 5.48. The zero-order valence-corrected chi connectivity index (χ0v) is 25.5. The second-order valence-corrected chi connectivity index (χ2v) is 15.2. The largest absolute Gasteiger partial charge is 0.444 e. The number of carbonyl (C=O) groups is 4. The smallest absolute Gasteiger partial charge is 0.408 e. The zero-order valence-electron chi connectivity index (χ0n) is 24.7. The molecule has 2 aliphatic heterocycles. The minimum atomic E-state index is -3.91. The van der Waals surface area contributed by atoms with E-state index in [-0.39, 0.29) is 25.3 Å². The third-order valence-corrected chi connectivity index (χ3v) is 10.7. The van der Waals surface area contributed by atoms with E-state index in [0.29, 0.717) is 25.7 Å². The SMILES string of the molecule is CO[C@@H]1C[C@H]2C(=O)N[C@]3(C(=O)NS(=O)(=O)C4(C)CC4)C[C@H]3/C=C\CCCCC[C@H](NC(=O)OC(C)(C)C)C(=O)N2C1. The van der Waals surface area contributed by atoms with E-state index in [1.165, 1.54) is 12.0 Å². The van der Waals surface area contributed by atoms with Gasteiger partial charge in [0.2, 0.25) is 21.8 Å². The average Bonchev–Trinajstić information content (AvgIpc) is 3.74. The number of nitrogens with one attached hydrogen (secondary N) is 3. The van der Waals surface area contributed by atoms with E-state index in [1.807, 2.05) is 12.2 Å². The van der Waals surface area contributed by atoms with Gasteiger partial charge < -0.3 is 25.0 Å². The summed E-state index contributed by atoms with van der Waals surface area (Å²) in [6.07, 6.45) is 7.45. The van der Waals surface area contributed by atoms with Crippen LogP contribution in [-0.2, 0) is 33.9 Å². The predicted octanol–water partition coefficient (Wildman–Crippen LogP) is 1.89. The molecule has 0 aromatic heterocycles. The molecule has 12 nitrogen and oxygen atoms in total. The number of rotatable bonds is 5. The summed E-state index contributed by atoms with van der Waals surface area (Å²) >= 11 is 0. The van der Waals surface area contributed by atoms with Crippen molar-refractivity contribution in [2.24, 2.45) is 5.92 Å². The molecule has 41 heavy (non-hydrogen) atoms. The number of nitrogens with zero attached hydrogens (tertiary/aromatic N) is 1. The van der Waals surface area contributed by atoms with Crippen molar-refractivity contribution in [1.82, 2.24) is 20.3 Å². The van der Waals surface area contributed by atoms with Gasteiger partial charge in [0.1, 0.15) is 23.2 Å². The van der Waals surface area contributed by atoms with Crippen LogP contribution in [0.15, 0.2) is 12.2 Å². The lowest BCUT2D eigenvalue weighted by atomic mass is 10.0. The highest BCUT2D eigenvalue weighted by atomic mass is 32.2. The summed E-state index contributed by atoms with van der Waals surface area (Å²) in [5.41, 5.74) is -2.18. The normalized spacial score (nSPS) is 32.8. The molecule has 3 fully saturated rings. The Morgan fingerprint density at radius 1 is 1.15 bits per heavy atom. The van der Waals surface area contributed by atoms with Gasteiger partial charge in [-0.15, -0.1) is 0 Å². The molecule has 2 heterocycles. The van der Waals surface area contributed by atoms with Gasteiger partial charge in [0.15, 0.2) is 0 Å². The highest BCUT2D eigenvalue weighted by Gasteiger charge is 2.63. The summed E-state index contributed by atoms with van der Waals surface area (Å²) in [6.45, 7) is 6.92. The quantitative estimate of drug-likeness (QED) is 0.406. The van der Waals surface area contributed by atoms with Crippen LogP contribution in [0.4, 0.5) is 4.79 Å². The summed E-state index contributed by atoms with van der Waals surface area (Å²) in [4.78, 5) is 55.0. The zero-order chi connectivity index (χ0) is 30.2. The molecule has 0 radical (unpaired) electrons. The number of amides is 4. The lowest BCUT2D eigenvalue weighted by molar-refractivity contribution is -0.141. The first-order valence-electron chi connectivity index (χ1n) is 14.5. The lowest BCUT2D eigenvalue weighted by Gasteiger charge is -2.30. The first-order chi connectivity index (χ1) is 19.1. The fourth-order valence-corrected chi connectivity index (χ4v) is 6.79. The molecule has 0 aromatic rings. The van der Waals surface area contributed by atoms with Crippen molar-refractivity contribution in [3.8, 4) is 0 Å². The Kier molecular flexibility index (Phi) is 8.80. The second-order valence-electron chi connectivity index (χ2n) is 13.0. The molecule has 4 amide bonds. The first kappa shape index (κ1) is 31.3. The molecule has 0 aromatic carbocycles. The second kappa shape index (κ2) is 11.5. The molecule has 0 spiro atoms. The van der Waals surface area contributed by atoms with Crippen LogP contribution in [0.25, 0.3) is 0 Å². The Balaban J connectivity index is 1.59. The molecule has 13 heteroatoms. The summed E-state index contributed by atoms with van der Waals surface area (Å²) in [5, 5.41) is 5.52. The number of carbonyl (C=O) groups excluding carboxylic acids is 4. The van der Waals surface area contributed by atoms with Crippen LogP contribution in [0.1, 0.15) is 85.5 Å². The monoisotopic (exact) mass is 596 g/mol. The van der Waals surface area contributed by atoms with E-state index in [0.717, 1.165) is 19.3 Å². The molecule has 4 aliphatic rings. The summed E-state index contributed by atoms with van der Waals surface area (Å²) in [7, 11) is -2.42. The number of ether oxygens (including phenoxy) is 2. The molecule has 5 atom stereocenters. The van der Waals surface area contributed by atoms with Gasteiger partial charge in [0.05, 0.1) is 10.9 Å². The Bertz CT molecular complexity index is 1190. The van der Waals surface area contributed by atoms with E-state index in [1.54, 1.807) is 27.7 Å². The van der Waals surface area contributed by atoms with Crippen molar-refractivity contribution in [3.05, 3.63) is 12.2 Å². The molecule has 230 valence electrons. The standard InChI is InChI=1S/C28H44N4O8S/c1-26(2,3)40-25(36)29-20-12-10-8-6-7-9-11-18-16-28(18,24(35)31-41(37,38)27(4)13-14-27)30-22(33)21-15-19(39-5)17-32(21)23(20)34/h9,11,18-21H,6-8,10,12-17H2,1-5H3,(H,29,36)(H,30,33)(H,31,35)/b11-9-/t18-,19-,20+,21+,28-/m1/s1. The van der Waals surface area contributed by atoms with Crippen molar-refractivity contribution in [1.29, 1.82) is 0 Å². The molecule has 3 N–H and O–H groups in total. The minimum Gasteiger partial charge on any atom is -0.444 e. The maximum atomic E-state index is 13.8. The number of sulfonamides is 1. The van der Waals surface area contributed by atoms with Crippen LogP contribution in [0.5, 0.6) is 0 Å². The molecule has 4 rings (SSSR count). The van der Waals surface area contributed by atoms with Crippen LogP contribution < -0.4 is 15.4 Å². The molecule has 1 saturated heterocycles. The Hall–Kier alpha value is -2.67. The number of fused-ring (bicyclic) bond motifs is 2. The molecule has 2 aliphatic carbocycles. The Morgan fingerprint density at radius 3 is 2.49 bits per heavy atom. The molecular weight excluding hydrogens is 552 g/mol. The van der Waals surface area contributed by atoms with Crippen LogP contribution in [-0.4, -0.2) is 84.9 Å². The van der Waals surface area contributed by atoms with Crippen molar-refractivity contribution < 1.29 is 37.1 Å². The van der Waals surface area contributed by atoms with Crippen molar-refractivity contribution in [2.45, 2.75) is 120 Å². The highest BCUT2D eigenvalue weighted by molar-refractivity contribution is 7.91. The van der Waals surface area contributed by atoms with Gasteiger partial charge >= 0.3 is 6.09 Å². The van der Waals surface area contributed by atoms with Crippen LogP contribution >= 0.6 is 0 Å². The van der Waals surface area contributed by atoms with Gasteiger partial charge in [-0.3, -0.25) is 19.1 Å². The number of methoxy groups -OCH3 is 1.